The number of hydrogen-bond donors (Lipinski definition) is 1. The molecule has 1 fully saturated rings. The summed E-state index contributed by atoms with van der Waals surface area (Å²) in [7, 11) is 0. The number of ketones is 1. The van der Waals surface area contributed by atoms with Gasteiger partial charge in [0.25, 0.3) is 0 Å². The van der Waals surface area contributed by atoms with Gasteiger partial charge < -0.3 is 10.2 Å². The van der Waals surface area contributed by atoms with Crippen molar-refractivity contribution < 1.29 is 22.8 Å². The van der Waals surface area contributed by atoms with Crippen molar-refractivity contribution in [3.05, 3.63) is 65.2 Å². The lowest BCUT2D eigenvalue weighted by atomic mass is 9.90. The lowest BCUT2D eigenvalue weighted by Crippen LogP contribution is -2.41. The zero-order valence-electron chi connectivity index (χ0n) is 16.8. The molecule has 1 aliphatic rings. The molecule has 0 spiro atoms. The van der Waals surface area contributed by atoms with E-state index in [1.165, 1.54) is 6.92 Å². The largest absolute Gasteiger partial charge is 0.416 e. The Kier molecular flexibility index (Phi) is 6.80. The number of alkyl halides is 3. The smallest absolute Gasteiger partial charge is 0.325 e. The van der Waals surface area contributed by atoms with Crippen LogP contribution in [0, 0.1) is 5.92 Å². The highest BCUT2D eigenvalue weighted by Crippen LogP contribution is 2.30. The van der Waals surface area contributed by atoms with E-state index in [4.69, 9.17) is 0 Å². The molecule has 1 saturated heterocycles. The van der Waals surface area contributed by atoms with E-state index in [0.29, 0.717) is 30.3 Å². The molecule has 1 N–H and O–H groups in total. The summed E-state index contributed by atoms with van der Waals surface area (Å²) in [6.45, 7) is 2.75. The van der Waals surface area contributed by atoms with Crippen LogP contribution in [0.5, 0.6) is 0 Å². The number of aryl methyl sites for hydroxylation is 1. The lowest BCUT2D eigenvalue weighted by Gasteiger charge is -2.32. The Labute approximate surface area is 174 Å². The molecule has 0 unspecified atom stereocenters. The molecule has 2 aromatic carbocycles. The molecule has 3 rings (SSSR count). The maximum absolute atomic E-state index is 12.6. The van der Waals surface area contributed by atoms with Crippen molar-refractivity contribution in [3.8, 4) is 0 Å². The van der Waals surface area contributed by atoms with Crippen molar-refractivity contribution in [2.24, 2.45) is 5.92 Å². The van der Waals surface area contributed by atoms with Crippen LogP contribution in [-0.4, -0.2) is 29.8 Å². The molecule has 2 aromatic rings. The summed E-state index contributed by atoms with van der Waals surface area (Å²) in [5.41, 5.74) is 1.42. The second-order valence-corrected chi connectivity index (χ2v) is 7.73. The SMILES string of the molecule is CC(=O)c1cccc(NC(=O)N2CCC(CCc3ccc(C(F)(F)F)cc3)CC2)c1. The van der Waals surface area contributed by atoms with Crippen molar-refractivity contribution >= 4 is 17.5 Å². The third-order valence-corrected chi connectivity index (χ3v) is 5.54. The fourth-order valence-corrected chi connectivity index (χ4v) is 3.67. The van der Waals surface area contributed by atoms with Gasteiger partial charge in [-0.05, 0) is 68.4 Å². The van der Waals surface area contributed by atoms with Gasteiger partial charge >= 0.3 is 12.2 Å². The molecule has 4 nitrogen and oxygen atoms in total. The molecule has 1 heterocycles. The highest BCUT2D eigenvalue weighted by atomic mass is 19.4. The first-order valence-corrected chi connectivity index (χ1v) is 10.1. The Hall–Kier alpha value is -2.83. The minimum Gasteiger partial charge on any atom is -0.325 e. The molecular formula is C23H25F3N2O2. The van der Waals surface area contributed by atoms with Gasteiger partial charge in [-0.3, -0.25) is 4.79 Å². The normalized spacial score (nSPS) is 15.1. The Bertz CT molecular complexity index is 886. The number of Topliss-reactive ketones (excluding diaryl/α,β-unsaturated/α-hetero) is 1. The fourth-order valence-electron chi connectivity index (χ4n) is 3.67. The molecule has 30 heavy (non-hydrogen) atoms. The van der Waals surface area contributed by atoms with Gasteiger partial charge in [0.05, 0.1) is 5.56 Å². The second kappa shape index (κ2) is 9.32. The van der Waals surface area contributed by atoms with E-state index in [2.05, 4.69) is 5.32 Å². The van der Waals surface area contributed by atoms with Crippen LogP contribution in [0.15, 0.2) is 48.5 Å². The van der Waals surface area contributed by atoms with Crippen molar-refractivity contribution in [2.75, 3.05) is 18.4 Å². The van der Waals surface area contributed by atoms with Crippen LogP contribution in [-0.2, 0) is 12.6 Å². The first kappa shape index (κ1) is 21.9. The maximum Gasteiger partial charge on any atom is 0.416 e. The molecule has 1 aliphatic heterocycles. The molecular weight excluding hydrogens is 393 g/mol. The first-order valence-electron chi connectivity index (χ1n) is 10.1. The monoisotopic (exact) mass is 418 g/mol. The predicted molar refractivity (Wildman–Crippen MR) is 110 cm³/mol. The van der Waals surface area contributed by atoms with Crippen LogP contribution in [0.1, 0.15) is 47.7 Å². The molecule has 0 saturated carbocycles. The van der Waals surface area contributed by atoms with Crippen LogP contribution >= 0.6 is 0 Å². The van der Waals surface area contributed by atoms with Gasteiger partial charge in [-0.2, -0.15) is 13.2 Å². The number of benzene rings is 2. The summed E-state index contributed by atoms with van der Waals surface area (Å²) in [5, 5.41) is 2.84. The van der Waals surface area contributed by atoms with E-state index in [9.17, 15) is 22.8 Å². The second-order valence-electron chi connectivity index (χ2n) is 7.73. The topological polar surface area (TPSA) is 49.4 Å². The summed E-state index contributed by atoms with van der Waals surface area (Å²) in [5.74, 6) is 0.386. The Balaban J connectivity index is 1.45. The molecule has 2 amide bonds. The van der Waals surface area contributed by atoms with E-state index in [1.807, 2.05) is 0 Å². The highest BCUT2D eigenvalue weighted by Gasteiger charge is 2.30. The number of halogens is 3. The van der Waals surface area contributed by atoms with E-state index in [-0.39, 0.29) is 11.8 Å². The molecule has 160 valence electrons. The number of likely N-dealkylation sites (tertiary alicyclic amines) is 1. The van der Waals surface area contributed by atoms with Crippen molar-refractivity contribution in [3.63, 3.8) is 0 Å². The van der Waals surface area contributed by atoms with Crippen LogP contribution in [0.4, 0.5) is 23.7 Å². The van der Waals surface area contributed by atoms with E-state index < -0.39 is 11.7 Å². The van der Waals surface area contributed by atoms with E-state index >= 15 is 0 Å². The van der Waals surface area contributed by atoms with Gasteiger partial charge in [0.2, 0.25) is 0 Å². The van der Waals surface area contributed by atoms with E-state index in [0.717, 1.165) is 43.4 Å². The summed E-state index contributed by atoms with van der Waals surface area (Å²) < 4.78 is 37.9. The number of amides is 2. The summed E-state index contributed by atoms with van der Waals surface area (Å²) in [6, 6.07) is 12.0. The standard InChI is InChI=1S/C23H25F3N2O2/c1-16(29)19-3-2-4-21(15-19)27-22(30)28-13-11-18(12-14-28)6-5-17-7-9-20(10-8-17)23(24,25)26/h2-4,7-10,15,18H,5-6,11-14H2,1H3,(H,27,30). The van der Waals surface area contributed by atoms with Crippen molar-refractivity contribution in [1.82, 2.24) is 4.90 Å². The third-order valence-electron chi connectivity index (χ3n) is 5.54. The predicted octanol–water partition coefficient (Wildman–Crippen LogP) is 5.78. The number of nitrogens with zero attached hydrogens (tertiary/aromatic N) is 1. The minimum absolute atomic E-state index is 0.0556. The summed E-state index contributed by atoms with van der Waals surface area (Å²) >= 11 is 0. The first-order chi connectivity index (χ1) is 14.2. The van der Waals surface area contributed by atoms with Crippen molar-refractivity contribution in [1.29, 1.82) is 0 Å². The number of nitrogens with one attached hydrogen (secondary N) is 1. The Morgan fingerprint density at radius 3 is 2.33 bits per heavy atom. The number of anilines is 1. The number of hydrogen-bond acceptors (Lipinski definition) is 2. The zero-order valence-corrected chi connectivity index (χ0v) is 16.8. The van der Waals surface area contributed by atoms with Crippen LogP contribution in [0.2, 0.25) is 0 Å². The quantitative estimate of drug-likeness (QED) is 0.626. The molecule has 7 heteroatoms. The number of urea groups is 1. The summed E-state index contributed by atoms with van der Waals surface area (Å²) in [4.78, 5) is 25.7. The highest BCUT2D eigenvalue weighted by molar-refractivity contribution is 5.96. The average molecular weight is 418 g/mol. The maximum atomic E-state index is 12.6. The number of piperidine rings is 1. The lowest BCUT2D eigenvalue weighted by molar-refractivity contribution is -0.137. The minimum atomic E-state index is -4.31. The average Bonchev–Trinajstić information content (AvgIpc) is 2.72. The number of rotatable bonds is 5. The van der Waals surface area contributed by atoms with Crippen molar-refractivity contribution in [2.45, 2.75) is 38.8 Å². The van der Waals surface area contributed by atoms with Gasteiger partial charge in [-0.1, -0.05) is 24.3 Å². The molecule has 0 aliphatic carbocycles. The molecule has 0 atom stereocenters. The van der Waals surface area contributed by atoms with Crippen LogP contribution < -0.4 is 5.32 Å². The molecule has 0 bridgehead atoms. The Morgan fingerprint density at radius 2 is 1.73 bits per heavy atom. The fraction of sp³-hybridized carbons (Fsp3) is 0.391. The Morgan fingerprint density at radius 1 is 1.07 bits per heavy atom. The van der Waals surface area contributed by atoms with Crippen LogP contribution in [0.25, 0.3) is 0 Å². The zero-order chi connectivity index (χ0) is 21.7. The number of carbonyl (C=O) groups is 2. The molecule has 0 radical (unpaired) electrons. The van der Waals surface area contributed by atoms with Crippen LogP contribution in [0.3, 0.4) is 0 Å². The molecule has 0 aromatic heterocycles. The van der Waals surface area contributed by atoms with E-state index in [1.54, 1.807) is 41.3 Å². The van der Waals surface area contributed by atoms with Gasteiger partial charge in [0.1, 0.15) is 0 Å². The van der Waals surface area contributed by atoms with Gasteiger partial charge in [-0.25, -0.2) is 4.79 Å². The van der Waals surface area contributed by atoms with Gasteiger partial charge in [0, 0.05) is 24.3 Å². The van der Waals surface area contributed by atoms with Gasteiger partial charge in [0.15, 0.2) is 5.78 Å². The van der Waals surface area contributed by atoms with Gasteiger partial charge in [-0.15, -0.1) is 0 Å². The summed E-state index contributed by atoms with van der Waals surface area (Å²) in [6.07, 6.45) is -0.962. The number of carbonyl (C=O) groups excluding carboxylic acids is 2. The third kappa shape index (κ3) is 5.84.